The first-order chi connectivity index (χ1) is 7.18. The first-order valence-electron chi connectivity index (χ1n) is 5.03. The van der Waals surface area contributed by atoms with Gasteiger partial charge in [-0.3, -0.25) is 5.10 Å². The van der Waals surface area contributed by atoms with Gasteiger partial charge >= 0.3 is 0 Å². The van der Waals surface area contributed by atoms with Gasteiger partial charge in [-0.25, -0.2) is 9.97 Å². The number of hydrogen-bond donors (Lipinski definition) is 1. The number of aromatic amines is 1. The fourth-order valence-corrected chi connectivity index (χ4v) is 1.69. The first kappa shape index (κ1) is 9.89. The molecule has 0 aliphatic carbocycles. The van der Waals surface area contributed by atoms with Gasteiger partial charge in [0.25, 0.3) is 0 Å². The lowest BCUT2D eigenvalue weighted by molar-refractivity contribution is 0.635. The molecule has 0 radical (unpaired) electrons. The zero-order valence-corrected chi connectivity index (χ0v) is 9.23. The molecule has 5 heteroatoms. The number of fused-ring (bicyclic) bond motifs is 1. The molecule has 0 saturated heterocycles. The van der Waals surface area contributed by atoms with Crippen molar-refractivity contribution in [2.75, 3.05) is 18.5 Å². The Labute approximate surface area is 88.5 Å². The molecule has 2 aromatic rings. The minimum atomic E-state index is 0.604. The van der Waals surface area contributed by atoms with Crippen molar-refractivity contribution < 1.29 is 0 Å². The molecule has 0 amide bonds. The van der Waals surface area contributed by atoms with Crippen LogP contribution in [0.5, 0.6) is 0 Å². The summed E-state index contributed by atoms with van der Waals surface area (Å²) in [6.07, 6.45) is 3.33. The van der Waals surface area contributed by atoms with Crippen molar-refractivity contribution in [1.29, 1.82) is 0 Å². The summed E-state index contributed by atoms with van der Waals surface area (Å²) in [7, 11) is 2.04. The van der Waals surface area contributed by atoms with E-state index in [9.17, 15) is 0 Å². The van der Waals surface area contributed by atoms with Crippen LogP contribution in [-0.4, -0.2) is 33.8 Å². The lowest BCUT2D eigenvalue weighted by Crippen LogP contribution is -2.23. The molecule has 15 heavy (non-hydrogen) atoms. The summed E-state index contributed by atoms with van der Waals surface area (Å²) < 4.78 is 0. The van der Waals surface area contributed by atoms with Crippen LogP contribution in [0.15, 0.2) is 12.5 Å². The van der Waals surface area contributed by atoms with Crippen LogP contribution in [0.4, 0.5) is 5.82 Å². The molecule has 0 aliphatic heterocycles. The number of hydrogen-bond acceptors (Lipinski definition) is 4. The summed E-state index contributed by atoms with van der Waals surface area (Å²) in [5.74, 6) is 1.54. The average molecular weight is 205 g/mol. The van der Waals surface area contributed by atoms with E-state index in [4.69, 9.17) is 0 Å². The van der Waals surface area contributed by atoms with Gasteiger partial charge in [-0.05, 0) is 5.92 Å². The molecule has 2 heterocycles. The largest absolute Gasteiger partial charge is 0.359 e. The highest BCUT2D eigenvalue weighted by molar-refractivity contribution is 5.85. The van der Waals surface area contributed by atoms with Gasteiger partial charge in [0.15, 0.2) is 5.65 Å². The molecule has 0 saturated carbocycles. The summed E-state index contributed by atoms with van der Waals surface area (Å²) in [4.78, 5) is 10.5. The maximum atomic E-state index is 4.29. The highest BCUT2D eigenvalue weighted by atomic mass is 15.2. The second-order valence-corrected chi connectivity index (χ2v) is 4.10. The van der Waals surface area contributed by atoms with E-state index in [-0.39, 0.29) is 0 Å². The maximum absolute atomic E-state index is 4.29. The van der Waals surface area contributed by atoms with E-state index >= 15 is 0 Å². The second-order valence-electron chi connectivity index (χ2n) is 4.10. The Hall–Kier alpha value is -1.65. The van der Waals surface area contributed by atoms with Crippen LogP contribution >= 0.6 is 0 Å². The Morgan fingerprint density at radius 2 is 2.20 bits per heavy atom. The lowest BCUT2D eigenvalue weighted by atomic mass is 10.2. The Morgan fingerprint density at radius 1 is 1.40 bits per heavy atom. The molecule has 0 aromatic carbocycles. The third-order valence-electron chi connectivity index (χ3n) is 2.23. The van der Waals surface area contributed by atoms with E-state index in [2.05, 4.69) is 38.9 Å². The molecule has 0 aliphatic rings. The lowest BCUT2D eigenvalue weighted by Gasteiger charge is -2.20. The summed E-state index contributed by atoms with van der Waals surface area (Å²) in [5, 5.41) is 7.78. The number of H-pyrrole nitrogens is 1. The molecule has 2 aromatic heterocycles. The molecule has 5 nitrogen and oxygen atoms in total. The number of nitrogens with zero attached hydrogens (tertiary/aromatic N) is 4. The predicted octanol–water partition coefficient (Wildman–Crippen LogP) is 1.45. The van der Waals surface area contributed by atoms with Crippen molar-refractivity contribution in [1.82, 2.24) is 20.2 Å². The average Bonchev–Trinajstić information content (AvgIpc) is 2.63. The fraction of sp³-hybridized carbons (Fsp3) is 0.500. The molecule has 0 fully saturated rings. The molecule has 80 valence electrons. The minimum absolute atomic E-state index is 0.604. The monoisotopic (exact) mass is 205 g/mol. The van der Waals surface area contributed by atoms with E-state index in [0.29, 0.717) is 5.92 Å². The molecule has 0 spiro atoms. The summed E-state index contributed by atoms with van der Waals surface area (Å²) >= 11 is 0. The number of rotatable bonds is 3. The van der Waals surface area contributed by atoms with E-state index in [1.807, 2.05) is 7.05 Å². The van der Waals surface area contributed by atoms with E-state index in [0.717, 1.165) is 23.4 Å². The summed E-state index contributed by atoms with van der Waals surface area (Å²) in [5.41, 5.74) is 0.788. The van der Waals surface area contributed by atoms with Crippen LogP contribution in [0.25, 0.3) is 11.0 Å². The van der Waals surface area contributed by atoms with Crippen molar-refractivity contribution in [2.45, 2.75) is 13.8 Å². The first-order valence-corrected chi connectivity index (χ1v) is 5.03. The molecular weight excluding hydrogens is 190 g/mol. The van der Waals surface area contributed by atoms with Crippen LogP contribution < -0.4 is 4.90 Å². The van der Waals surface area contributed by atoms with Crippen LogP contribution in [0.1, 0.15) is 13.8 Å². The maximum Gasteiger partial charge on any atom is 0.160 e. The van der Waals surface area contributed by atoms with Crippen molar-refractivity contribution in [2.24, 2.45) is 5.92 Å². The van der Waals surface area contributed by atoms with Gasteiger partial charge in [-0.1, -0.05) is 13.8 Å². The molecule has 2 rings (SSSR count). The Morgan fingerprint density at radius 3 is 2.93 bits per heavy atom. The number of aromatic nitrogens is 4. The van der Waals surface area contributed by atoms with Gasteiger partial charge < -0.3 is 4.90 Å². The fourth-order valence-electron chi connectivity index (χ4n) is 1.69. The van der Waals surface area contributed by atoms with Gasteiger partial charge in [-0.15, -0.1) is 0 Å². The molecule has 1 N–H and O–H groups in total. The highest BCUT2D eigenvalue weighted by Crippen LogP contribution is 2.20. The highest BCUT2D eigenvalue weighted by Gasteiger charge is 2.10. The van der Waals surface area contributed by atoms with Gasteiger partial charge in [0.05, 0.1) is 11.6 Å². The zero-order chi connectivity index (χ0) is 10.8. The molecular formula is C10H15N5. The van der Waals surface area contributed by atoms with E-state index in [1.165, 1.54) is 0 Å². The van der Waals surface area contributed by atoms with Crippen molar-refractivity contribution in [3.8, 4) is 0 Å². The van der Waals surface area contributed by atoms with Gasteiger partial charge in [0, 0.05) is 13.6 Å². The topological polar surface area (TPSA) is 57.7 Å². The zero-order valence-electron chi connectivity index (χ0n) is 9.23. The smallest absolute Gasteiger partial charge is 0.160 e. The van der Waals surface area contributed by atoms with Crippen molar-refractivity contribution in [3.63, 3.8) is 0 Å². The van der Waals surface area contributed by atoms with Gasteiger partial charge in [0.1, 0.15) is 12.1 Å². The standard InChI is InChI=1S/C10H15N5/c1-7(2)5-15(3)10-8-4-13-14-9(8)11-6-12-10/h4,6-7H,5H2,1-3H3,(H,11,12,13,14). The Balaban J connectivity index is 2.38. The van der Waals surface area contributed by atoms with E-state index < -0.39 is 0 Å². The van der Waals surface area contributed by atoms with Crippen molar-refractivity contribution >= 4 is 16.9 Å². The van der Waals surface area contributed by atoms with Crippen LogP contribution in [-0.2, 0) is 0 Å². The van der Waals surface area contributed by atoms with Gasteiger partial charge in [-0.2, -0.15) is 5.10 Å². The normalized spacial score (nSPS) is 11.2. The van der Waals surface area contributed by atoms with Crippen LogP contribution in [0.2, 0.25) is 0 Å². The third-order valence-corrected chi connectivity index (χ3v) is 2.23. The minimum Gasteiger partial charge on any atom is -0.359 e. The predicted molar refractivity (Wildman–Crippen MR) is 59.8 cm³/mol. The number of nitrogens with one attached hydrogen (secondary N) is 1. The number of anilines is 1. The molecule has 0 unspecified atom stereocenters. The third kappa shape index (κ3) is 1.91. The van der Waals surface area contributed by atoms with Crippen LogP contribution in [0.3, 0.4) is 0 Å². The SMILES string of the molecule is CC(C)CN(C)c1ncnc2[nH]ncc12. The van der Waals surface area contributed by atoms with Crippen molar-refractivity contribution in [3.05, 3.63) is 12.5 Å². The molecule has 0 bridgehead atoms. The second kappa shape index (κ2) is 3.84. The van der Waals surface area contributed by atoms with Gasteiger partial charge in [0.2, 0.25) is 0 Å². The summed E-state index contributed by atoms with van der Waals surface area (Å²) in [6, 6.07) is 0. The van der Waals surface area contributed by atoms with Crippen LogP contribution in [0, 0.1) is 5.92 Å². The van der Waals surface area contributed by atoms with E-state index in [1.54, 1.807) is 12.5 Å². The Kier molecular flexibility index (Phi) is 2.53. The summed E-state index contributed by atoms with van der Waals surface area (Å²) in [6.45, 7) is 5.34. The molecule has 0 atom stereocenters. The quantitative estimate of drug-likeness (QED) is 0.823. The Bertz CT molecular complexity index is 448.